The molecular weight excluding hydrogens is 862 g/mol. The number of nitrogens with one attached hydrogen (secondary N) is 4. The average Bonchev–Trinajstić information content (AvgIpc) is 3.28. The standard InChI is InChI=1S/C49H60ClN9O7/c1-30(2)41(51)45(61)57-39(13-9-24-53-48(52)64)44(60)55-37-21-16-34(17-22-37)29-66-49(65)54-25-10-26-58(46(62)35-18-14-32(5)15-19-35)42(31(3)4)43-56-40-27-36(50)20-23-38(40)47(63)59(43)28-33-11-7-6-8-12-33/h6-8,11-12,14-23,27,30-31,39,41-42H,9-10,13,24-26,28-29,51H2,1-5H3,(H,54,65)(H,55,60)(H,57,61)(H3,52,53,64)/t39-,41-,42-/m0/s1. The molecule has 4 aromatic carbocycles. The normalized spacial score (nSPS) is 12.6. The molecule has 0 saturated carbocycles. The molecule has 0 aliphatic rings. The number of nitrogens with two attached hydrogens (primary N) is 2. The summed E-state index contributed by atoms with van der Waals surface area (Å²) >= 11 is 6.39. The highest BCUT2D eigenvalue weighted by Gasteiger charge is 2.33. The molecule has 0 bridgehead atoms. The smallest absolute Gasteiger partial charge is 0.407 e. The monoisotopic (exact) mass is 921 g/mol. The first-order valence-electron chi connectivity index (χ1n) is 22.0. The number of benzene rings is 4. The third kappa shape index (κ3) is 14.1. The molecule has 5 rings (SSSR count). The highest BCUT2D eigenvalue weighted by Crippen LogP contribution is 2.31. The third-order valence-electron chi connectivity index (χ3n) is 11.0. The Morgan fingerprint density at radius 3 is 2.15 bits per heavy atom. The zero-order chi connectivity index (χ0) is 47.9. The zero-order valence-electron chi connectivity index (χ0n) is 38.0. The number of amides is 6. The van der Waals surface area contributed by atoms with E-state index in [1.165, 1.54) is 0 Å². The summed E-state index contributed by atoms with van der Waals surface area (Å²) in [5.74, 6) is -1.13. The molecule has 0 radical (unpaired) electrons. The summed E-state index contributed by atoms with van der Waals surface area (Å²) in [6, 6.07) is 25.5. The molecular formula is C49H60ClN9O7. The van der Waals surface area contributed by atoms with Crippen molar-refractivity contribution in [2.24, 2.45) is 23.3 Å². The molecule has 1 heterocycles. The van der Waals surface area contributed by atoms with Crippen LogP contribution in [0.25, 0.3) is 10.9 Å². The Labute approximate surface area is 389 Å². The van der Waals surface area contributed by atoms with Crippen molar-refractivity contribution in [3.8, 4) is 0 Å². The first kappa shape index (κ1) is 50.2. The summed E-state index contributed by atoms with van der Waals surface area (Å²) < 4.78 is 7.13. The van der Waals surface area contributed by atoms with Gasteiger partial charge in [-0.3, -0.25) is 23.7 Å². The molecule has 5 aromatic rings. The number of aromatic nitrogens is 2. The van der Waals surface area contributed by atoms with E-state index in [2.05, 4.69) is 21.3 Å². The van der Waals surface area contributed by atoms with E-state index in [-0.39, 0.29) is 62.5 Å². The van der Waals surface area contributed by atoms with Crippen LogP contribution in [0, 0.1) is 18.8 Å². The van der Waals surface area contributed by atoms with Crippen molar-refractivity contribution in [3.63, 3.8) is 0 Å². The van der Waals surface area contributed by atoms with Crippen molar-refractivity contribution in [2.75, 3.05) is 25.0 Å². The van der Waals surface area contributed by atoms with Gasteiger partial charge in [0.2, 0.25) is 11.8 Å². The van der Waals surface area contributed by atoms with Gasteiger partial charge in [0.25, 0.3) is 11.5 Å². The second-order valence-electron chi connectivity index (χ2n) is 16.9. The zero-order valence-corrected chi connectivity index (χ0v) is 38.8. The van der Waals surface area contributed by atoms with E-state index in [9.17, 15) is 28.8 Å². The molecule has 0 aliphatic carbocycles. The molecule has 66 heavy (non-hydrogen) atoms. The lowest BCUT2D eigenvalue weighted by Gasteiger charge is -2.35. The summed E-state index contributed by atoms with van der Waals surface area (Å²) in [7, 11) is 0. The number of alkyl carbamates (subject to hydrolysis) is 1. The fraction of sp³-hybridized carbons (Fsp3) is 0.367. The number of anilines is 1. The van der Waals surface area contributed by atoms with Crippen LogP contribution >= 0.6 is 11.6 Å². The number of nitrogens with zero attached hydrogens (tertiary/aromatic N) is 3. The lowest BCUT2D eigenvalue weighted by atomic mass is 9.98. The molecule has 16 nitrogen and oxygen atoms in total. The maximum atomic E-state index is 14.5. The van der Waals surface area contributed by atoms with E-state index in [1.54, 1.807) is 77.9 Å². The number of aryl methyl sites for hydroxylation is 1. The van der Waals surface area contributed by atoms with Gasteiger partial charge in [0.15, 0.2) is 0 Å². The first-order chi connectivity index (χ1) is 31.5. The molecule has 0 saturated heterocycles. The van der Waals surface area contributed by atoms with Crippen molar-refractivity contribution < 1.29 is 28.7 Å². The number of fused-ring (bicyclic) bond motifs is 1. The van der Waals surface area contributed by atoms with Gasteiger partial charge in [0, 0.05) is 35.9 Å². The first-order valence-corrected chi connectivity index (χ1v) is 22.4. The summed E-state index contributed by atoms with van der Waals surface area (Å²) in [5, 5.41) is 11.6. The van der Waals surface area contributed by atoms with Gasteiger partial charge in [0.05, 0.1) is 29.5 Å². The number of urea groups is 1. The Morgan fingerprint density at radius 2 is 1.50 bits per heavy atom. The quantitative estimate of drug-likeness (QED) is 0.0446. The van der Waals surface area contributed by atoms with E-state index in [4.69, 9.17) is 32.8 Å². The van der Waals surface area contributed by atoms with E-state index in [1.807, 2.05) is 63.2 Å². The maximum absolute atomic E-state index is 14.5. The number of ether oxygens (including phenoxy) is 1. The summed E-state index contributed by atoms with van der Waals surface area (Å²) in [6.07, 6.45) is 0.269. The molecule has 3 atom stereocenters. The van der Waals surface area contributed by atoms with Crippen molar-refractivity contribution >= 4 is 58.0 Å². The molecule has 0 spiro atoms. The molecule has 0 fully saturated rings. The number of hydrogen-bond donors (Lipinski definition) is 6. The number of rotatable bonds is 21. The van der Waals surface area contributed by atoms with Gasteiger partial charge in [-0.1, -0.05) is 99.5 Å². The van der Waals surface area contributed by atoms with Gasteiger partial charge in [0.1, 0.15) is 18.5 Å². The third-order valence-corrected chi connectivity index (χ3v) is 11.2. The lowest BCUT2D eigenvalue weighted by Crippen LogP contribution is -2.51. The molecule has 6 amide bonds. The maximum Gasteiger partial charge on any atom is 0.407 e. The van der Waals surface area contributed by atoms with Crippen LogP contribution in [0.4, 0.5) is 15.3 Å². The number of hydrogen-bond acceptors (Lipinski definition) is 9. The van der Waals surface area contributed by atoms with Crippen molar-refractivity contribution in [1.82, 2.24) is 30.4 Å². The second-order valence-corrected chi connectivity index (χ2v) is 17.3. The van der Waals surface area contributed by atoms with Crippen LogP contribution < -0.4 is 38.3 Å². The minimum Gasteiger partial charge on any atom is -0.445 e. The van der Waals surface area contributed by atoms with Crippen LogP contribution in [0.2, 0.25) is 5.02 Å². The van der Waals surface area contributed by atoms with Crippen molar-refractivity contribution in [3.05, 3.63) is 141 Å². The van der Waals surface area contributed by atoms with Gasteiger partial charge in [-0.15, -0.1) is 0 Å². The van der Waals surface area contributed by atoms with Crippen LogP contribution in [0.5, 0.6) is 0 Å². The van der Waals surface area contributed by atoms with Gasteiger partial charge >= 0.3 is 12.1 Å². The Bertz CT molecular complexity index is 2520. The van der Waals surface area contributed by atoms with Crippen LogP contribution in [0.15, 0.2) is 102 Å². The van der Waals surface area contributed by atoms with Crippen molar-refractivity contribution in [1.29, 1.82) is 0 Å². The second kappa shape index (κ2) is 23.9. The highest BCUT2D eigenvalue weighted by atomic mass is 35.5. The van der Waals surface area contributed by atoms with Crippen LogP contribution in [-0.4, -0.2) is 76.0 Å². The fourth-order valence-corrected chi connectivity index (χ4v) is 7.46. The van der Waals surface area contributed by atoms with E-state index in [0.29, 0.717) is 51.4 Å². The predicted octanol–water partition coefficient (Wildman–Crippen LogP) is 6.42. The highest BCUT2D eigenvalue weighted by molar-refractivity contribution is 6.31. The Kier molecular flexibility index (Phi) is 18.2. The van der Waals surface area contributed by atoms with Gasteiger partial charge in [-0.25, -0.2) is 14.6 Å². The largest absolute Gasteiger partial charge is 0.445 e. The van der Waals surface area contributed by atoms with Gasteiger partial charge < -0.3 is 42.4 Å². The summed E-state index contributed by atoms with van der Waals surface area (Å²) in [6.45, 7) is 10.3. The number of halogens is 1. The summed E-state index contributed by atoms with van der Waals surface area (Å²) in [4.78, 5) is 85.5. The summed E-state index contributed by atoms with van der Waals surface area (Å²) in [5.41, 5.74) is 14.8. The molecule has 17 heteroatoms. The number of carbonyl (C=O) groups is 5. The van der Waals surface area contributed by atoms with E-state index in [0.717, 1.165) is 11.1 Å². The number of primary amides is 1. The van der Waals surface area contributed by atoms with E-state index >= 15 is 0 Å². The van der Waals surface area contributed by atoms with E-state index < -0.39 is 42.1 Å². The van der Waals surface area contributed by atoms with Crippen LogP contribution in [-0.2, 0) is 27.5 Å². The van der Waals surface area contributed by atoms with Crippen LogP contribution in [0.3, 0.4) is 0 Å². The van der Waals surface area contributed by atoms with Gasteiger partial charge in [-0.2, -0.15) is 0 Å². The fourth-order valence-electron chi connectivity index (χ4n) is 7.29. The molecule has 8 N–H and O–H groups in total. The SMILES string of the molecule is Cc1ccc(C(=O)N(CCCNC(=O)OCc2ccc(NC(=O)[C@H](CCCNC(N)=O)NC(=O)[C@@H](N)C(C)C)cc2)[C@H](c2nc3cc(Cl)ccc3c(=O)n2Cc2ccccc2)C(C)C)cc1. The molecule has 1 aromatic heterocycles. The Balaban J connectivity index is 1.25. The average molecular weight is 923 g/mol. The van der Waals surface area contributed by atoms with Crippen molar-refractivity contribution in [2.45, 2.75) is 85.2 Å². The number of carbonyl (C=O) groups excluding carboxylic acids is 5. The molecule has 0 unspecified atom stereocenters. The lowest BCUT2D eigenvalue weighted by molar-refractivity contribution is -0.128. The Hall–Kier alpha value is -6.78. The van der Waals surface area contributed by atoms with Crippen LogP contribution in [0.1, 0.15) is 85.9 Å². The minimum atomic E-state index is -0.926. The predicted molar refractivity (Wildman–Crippen MR) is 256 cm³/mol. The minimum absolute atomic E-state index is 0.0667. The van der Waals surface area contributed by atoms with Gasteiger partial charge in [-0.05, 0) is 91.6 Å². The molecule has 0 aliphatic heterocycles. The topological polar surface area (TPSA) is 233 Å². The molecule has 350 valence electrons. The Morgan fingerprint density at radius 1 is 0.818 bits per heavy atom.